The van der Waals surface area contributed by atoms with E-state index in [9.17, 15) is 0 Å². The number of halogens is 1. The van der Waals surface area contributed by atoms with Crippen molar-refractivity contribution in [2.75, 3.05) is 7.05 Å². The van der Waals surface area contributed by atoms with Crippen molar-refractivity contribution in [3.05, 3.63) is 76.1 Å². The highest BCUT2D eigenvalue weighted by atomic mass is 35.5. The van der Waals surface area contributed by atoms with Gasteiger partial charge >= 0.3 is 0 Å². The molecule has 6 heteroatoms. The molecule has 27 heavy (non-hydrogen) atoms. The molecule has 0 fully saturated rings. The molecule has 0 radical (unpaired) electrons. The van der Waals surface area contributed by atoms with Crippen molar-refractivity contribution in [1.29, 1.82) is 0 Å². The van der Waals surface area contributed by atoms with E-state index in [1.807, 2.05) is 31.3 Å². The Labute approximate surface area is 170 Å². The SMILES string of the molecule is CCc1ccc(CN(C)Cc2nnc(SCc3ccccc3Cl)n2C)cc1. The van der Waals surface area contributed by atoms with Gasteiger partial charge in [-0.2, -0.15) is 0 Å². The summed E-state index contributed by atoms with van der Waals surface area (Å²) in [6.07, 6.45) is 1.07. The van der Waals surface area contributed by atoms with Crippen molar-refractivity contribution in [3.63, 3.8) is 0 Å². The van der Waals surface area contributed by atoms with Crippen molar-refractivity contribution < 1.29 is 0 Å². The molecule has 0 amide bonds. The Morgan fingerprint density at radius 3 is 2.41 bits per heavy atom. The molecule has 2 aromatic carbocycles. The molecule has 0 bridgehead atoms. The maximum atomic E-state index is 6.24. The average molecular weight is 401 g/mol. The molecule has 0 spiro atoms. The van der Waals surface area contributed by atoms with Gasteiger partial charge in [-0.05, 0) is 36.2 Å². The minimum absolute atomic E-state index is 0.756. The molecule has 1 heterocycles. The lowest BCUT2D eigenvalue weighted by Crippen LogP contribution is -2.19. The largest absolute Gasteiger partial charge is 0.308 e. The van der Waals surface area contributed by atoms with Gasteiger partial charge in [0.2, 0.25) is 0 Å². The van der Waals surface area contributed by atoms with Gasteiger partial charge in [-0.15, -0.1) is 10.2 Å². The predicted molar refractivity (Wildman–Crippen MR) is 113 cm³/mol. The Bertz CT molecular complexity index is 876. The molecule has 142 valence electrons. The van der Waals surface area contributed by atoms with Crippen LogP contribution in [-0.4, -0.2) is 26.7 Å². The fraction of sp³-hybridized carbons (Fsp3) is 0.333. The zero-order valence-electron chi connectivity index (χ0n) is 16.0. The second kappa shape index (κ2) is 9.40. The third kappa shape index (κ3) is 5.34. The first-order valence-electron chi connectivity index (χ1n) is 9.07. The van der Waals surface area contributed by atoms with Gasteiger partial charge in [0, 0.05) is 24.4 Å². The number of thioether (sulfide) groups is 1. The minimum atomic E-state index is 0.756. The van der Waals surface area contributed by atoms with Crippen LogP contribution in [0.15, 0.2) is 53.7 Å². The fourth-order valence-corrected chi connectivity index (χ4v) is 4.07. The second-order valence-electron chi connectivity index (χ2n) is 6.68. The first-order chi connectivity index (χ1) is 13.1. The summed E-state index contributed by atoms with van der Waals surface area (Å²) in [6.45, 7) is 3.82. The van der Waals surface area contributed by atoms with Gasteiger partial charge in [0.05, 0.1) is 6.54 Å². The number of rotatable bonds is 8. The molecular formula is C21H25ClN4S. The summed E-state index contributed by atoms with van der Waals surface area (Å²) in [6, 6.07) is 16.7. The molecule has 0 aliphatic heterocycles. The third-order valence-electron chi connectivity index (χ3n) is 4.53. The van der Waals surface area contributed by atoms with E-state index in [4.69, 9.17) is 11.6 Å². The first-order valence-corrected chi connectivity index (χ1v) is 10.4. The third-order valence-corrected chi connectivity index (χ3v) is 5.97. The Kier molecular flexibility index (Phi) is 6.94. The molecule has 0 atom stereocenters. The number of benzene rings is 2. The number of aryl methyl sites for hydroxylation is 1. The van der Waals surface area contributed by atoms with Crippen molar-refractivity contribution in [3.8, 4) is 0 Å². The summed E-state index contributed by atoms with van der Waals surface area (Å²) in [5.74, 6) is 1.75. The lowest BCUT2D eigenvalue weighted by molar-refractivity contribution is 0.306. The van der Waals surface area contributed by atoms with E-state index in [2.05, 4.69) is 57.9 Å². The molecule has 3 rings (SSSR count). The summed E-state index contributed by atoms with van der Waals surface area (Å²) in [5.41, 5.74) is 3.79. The number of hydrogen-bond donors (Lipinski definition) is 0. The summed E-state index contributed by atoms with van der Waals surface area (Å²) < 4.78 is 2.07. The van der Waals surface area contributed by atoms with Crippen LogP contribution in [0.25, 0.3) is 0 Å². The first kappa shape index (κ1) is 19.9. The van der Waals surface area contributed by atoms with Gasteiger partial charge in [0.1, 0.15) is 5.82 Å². The van der Waals surface area contributed by atoms with E-state index in [1.54, 1.807) is 11.8 Å². The highest BCUT2D eigenvalue weighted by Gasteiger charge is 2.12. The average Bonchev–Trinajstić information content (AvgIpc) is 3.01. The molecular weight excluding hydrogens is 376 g/mol. The molecule has 0 unspecified atom stereocenters. The molecule has 0 saturated carbocycles. The topological polar surface area (TPSA) is 34.0 Å². The van der Waals surface area contributed by atoms with E-state index < -0.39 is 0 Å². The molecule has 0 N–H and O–H groups in total. The maximum Gasteiger partial charge on any atom is 0.191 e. The molecule has 0 saturated heterocycles. The van der Waals surface area contributed by atoms with Crippen LogP contribution in [0.2, 0.25) is 5.02 Å². The van der Waals surface area contributed by atoms with Gasteiger partial charge in [-0.1, -0.05) is 72.8 Å². The van der Waals surface area contributed by atoms with E-state index in [0.29, 0.717) is 0 Å². The normalized spacial score (nSPS) is 11.3. The lowest BCUT2D eigenvalue weighted by Gasteiger charge is -2.16. The molecule has 0 aliphatic carbocycles. The zero-order chi connectivity index (χ0) is 19.2. The Hall–Kier alpha value is -1.82. The van der Waals surface area contributed by atoms with Crippen molar-refractivity contribution >= 4 is 23.4 Å². The van der Waals surface area contributed by atoms with Gasteiger partial charge in [-0.25, -0.2) is 0 Å². The maximum absolute atomic E-state index is 6.24. The van der Waals surface area contributed by atoms with Crippen LogP contribution in [0.1, 0.15) is 29.4 Å². The highest BCUT2D eigenvalue weighted by Crippen LogP contribution is 2.25. The summed E-state index contributed by atoms with van der Waals surface area (Å²) in [4.78, 5) is 2.26. The van der Waals surface area contributed by atoms with Crippen molar-refractivity contribution in [2.45, 2.75) is 37.3 Å². The molecule has 4 nitrogen and oxygen atoms in total. The fourth-order valence-electron chi connectivity index (χ4n) is 2.86. The minimum Gasteiger partial charge on any atom is -0.308 e. The highest BCUT2D eigenvalue weighted by molar-refractivity contribution is 7.98. The smallest absolute Gasteiger partial charge is 0.191 e. The van der Waals surface area contributed by atoms with Gasteiger partial charge < -0.3 is 4.57 Å². The van der Waals surface area contributed by atoms with Crippen LogP contribution in [0, 0.1) is 0 Å². The van der Waals surface area contributed by atoms with E-state index >= 15 is 0 Å². The van der Waals surface area contributed by atoms with E-state index in [1.165, 1.54) is 11.1 Å². The van der Waals surface area contributed by atoms with Crippen molar-refractivity contribution in [1.82, 2.24) is 19.7 Å². The standard InChI is InChI=1S/C21H25ClN4S/c1-4-16-9-11-17(12-10-16)13-25(2)14-20-23-24-21(26(20)3)27-15-18-7-5-6-8-19(18)22/h5-12H,4,13-15H2,1-3H3. The molecule has 3 aromatic rings. The Morgan fingerprint density at radius 1 is 1.00 bits per heavy atom. The number of hydrogen-bond acceptors (Lipinski definition) is 4. The number of nitrogens with zero attached hydrogens (tertiary/aromatic N) is 4. The summed E-state index contributed by atoms with van der Waals surface area (Å²) in [7, 11) is 4.13. The predicted octanol–water partition coefficient (Wildman–Crippen LogP) is 4.96. The van der Waals surface area contributed by atoms with Gasteiger partial charge in [0.25, 0.3) is 0 Å². The van der Waals surface area contributed by atoms with Crippen LogP contribution in [0.4, 0.5) is 0 Å². The van der Waals surface area contributed by atoms with Crippen molar-refractivity contribution in [2.24, 2.45) is 7.05 Å². The van der Waals surface area contributed by atoms with Gasteiger partial charge in [-0.3, -0.25) is 4.90 Å². The lowest BCUT2D eigenvalue weighted by atomic mass is 10.1. The van der Waals surface area contributed by atoms with E-state index in [0.717, 1.165) is 46.8 Å². The zero-order valence-corrected chi connectivity index (χ0v) is 17.6. The second-order valence-corrected chi connectivity index (χ2v) is 8.03. The van der Waals surface area contributed by atoms with Crippen LogP contribution in [-0.2, 0) is 32.3 Å². The Balaban J connectivity index is 1.58. The molecule has 0 aliphatic rings. The van der Waals surface area contributed by atoms with Gasteiger partial charge in [0.15, 0.2) is 5.16 Å². The molecule has 1 aromatic heterocycles. The van der Waals surface area contributed by atoms with Crippen LogP contribution in [0.3, 0.4) is 0 Å². The quantitative estimate of drug-likeness (QED) is 0.501. The number of aromatic nitrogens is 3. The van der Waals surface area contributed by atoms with E-state index in [-0.39, 0.29) is 0 Å². The van der Waals surface area contributed by atoms with Crippen LogP contribution in [0.5, 0.6) is 0 Å². The summed E-state index contributed by atoms with van der Waals surface area (Å²) in [5, 5.41) is 10.4. The summed E-state index contributed by atoms with van der Waals surface area (Å²) >= 11 is 7.89. The Morgan fingerprint density at radius 2 is 1.70 bits per heavy atom. The van der Waals surface area contributed by atoms with Crippen LogP contribution >= 0.6 is 23.4 Å². The van der Waals surface area contributed by atoms with Crippen LogP contribution < -0.4 is 0 Å². The monoisotopic (exact) mass is 400 g/mol.